The fourth-order valence-corrected chi connectivity index (χ4v) is 2.02. The summed E-state index contributed by atoms with van der Waals surface area (Å²) < 4.78 is 24.8. The van der Waals surface area contributed by atoms with Gasteiger partial charge in [-0.15, -0.1) is 0 Å². The van der Waals surface area contributed by atoms with Gasteiger partial charge in [0, 0.05) is 5.56 Å². The van der Waals surface area contributed by atoms with E-state index < -0.39 is 0 Å². The molecule has 2 rings (SSSR count). The Hall–Kier alpha value is -1.81. The van der Waals surface area contributed by atoms with Gasteiger partial charge in [-0.1, -0.05) is 19.1 Å². The van der Waals surface area contributed by atoms with Crippen molar-refractivity contribution in [3.63, 3.8) is 0 Å². The van der Waals surface area contributed by atoms with Crippen LogP contribution in [0.1, 0.15) is 30.7 Å². The van der Waals surface area contributed by atoms with Crippen LogP contribution in [0.2, 0.25) is 0 Å². The van der Waals surface area contributed by atoms with Crippen molar-refractivity contribution in [2.75, 3.05) is 13.7 Å². The van der Waals surface area contributed by atoms with Crippen LogP contribution in [0.25, 0.3) is 0 Å². The van der Waals surface area contributed by atoms with Crippen LogP contribution >= 0.6 is 0 Å². The number of ether oxygens (including phenoxy) is 1. The first-order valence-electron chi connectivity index (χ1n) is 6.37. The molecule has 0 saturated heterocycles. The van der Waals surface area contributed by atoms with Gasteiger partial charge in [-0.05, 0) is 31.2 Å². The minimum atomic E-state index is -0.352. The van der Waals surface area contributed by atoms with Crippen LogP contribution in [0.4, 0.5) is 4.39 Å². The zero-order valence-corrected chi connectivity index (χ0v) is 11.2. The van der Waals surface area contributed by atoms with Gasteiger partial charge in [0.05, 0.1) is 19.4 Å². The number of nitrogens with one attached hydrogen (secondary N) is 1. The van der Waals surface area contributed by atoms with Gasteiger partial charge in [0.1, 0.15) is 5.76 Å². The smallest absolute Gasteiger partial charge is 0.170 e. The van der Waals surface area contributed by atoms with E-state index in [1.807, 2.05) is 6.07 Å². The first-order valence-corrected chi connectivity index (χ1v) is 6.37. The summed E-state index contributed by atoms with van der Waals surface area (Å²) in [4.78, 5) is 0. The van der Waals surface area contributed by atoms with Gasteiger partial charge in [-0.3, -0.25) is 0 Å². The lowest BCUT2D eigenvalue weighted by molar-refractivity contribution is 0.377. The Morgan fingerprint density at radius 1 is 1.32 bits per heavy atom. The third-order valence-corrected chi connectivity index (χ3v) is 2.95. The van der Waals surface area contributed by atoms with Crippen LogP contribution in [0.15, 0.2) is 41.0 Å². The molecule has 1 aromatic heterocycles. The summed E-state index contributed by atoms with van der Waals surface area (Å²) in [6, 6.07) is 8.47. The van der Waals surface area contributed by atoms with E-state index in [0.717, 1.165) is 13.0 Å². The predicted molar refractivity (Wildman–Crippen MR) is 71.8 cm³/mol. The van der Waals surface area contributed by atoms with Gasteiger partial charge >= 0.3 is 0 Å². The molecule has 1 atom stereocenters. The summed E-state index contributed by atoms with van der Waals surface area (Å²) in [5, 5.41) is 3.29. The van der Waals surface area contributed by atoms with Crippen molar-refractivity contribution in [1.29, 1.82) is 0 Å². The van der Waals surface area contributed by atoms with Crippen molar-refractivity contribution in [3.05, 3.63) is 53.7 Å². The molecule has 3 nitrogen and oxygen atoms in total. The third-order valence-electron chi connectivity index (χ3n) is 2.95. The van der Waals surface area contributed by atoms with Gasteiger partial charge in [-0.25, -0.2) is 4.39 Å². The Kier molecular flexibility index (Phi) is 4.58. The average Bonchev–Trinajstić information content (AvgIpc) is 2.95. The molecular weight excluding hydrogens is 245 g/mol. The third kappa shape index (κ3) is 2.96. The Morgan fingerprint density at radius 2 is 2.16 bits per heavy atom. The molecule has 19 heavy (non-hydrogen) atoms. The van der Waals surface area contributed by atoms with E-state index in [-0.39, 0.29) is 17.6 Å². The maximum absolute atomic E-state index is 14.3. The first-order chi connectivity index (χ1) is 9.27. The number of hydrogen-bond acceptors (Lipinski definition) is 3. The molecule has 1 heterocycles. The molecule has 0 amide bonds. The van der Waals surface area contributed by atoms with Gasteiger partial charge < -0.3 is 14.5 Å². The van der Waals surface area contributed by atoms with Crippen molar-refractivity contribution in [1.82, 2.24) is 5.32 Å². The number of rotatable bonds is 6. The lowest BCUT2D eigenvalue weighted by Gasteiger charge is -2.18. The van der Waals surface area contributed by atoms with Crippen molar-refractivity contribution < 1.29 is 13.5 Å². The summed E-state index contributed by atoms with van der Waals surface area (Å²) in [6.45, 7) is 2.84. The maximum atomic E-state index is 14.3. The van der Waals surface area contributed by atoms with E-state index in [9.17, 15) is 4.39 Å². The lowest BCUT2D eigenvalue weighted by atomic mass is 10.0. The minimum Gasteiger partial charge on any atom is -0.494 e. The molecule has 102 valence electrons. The monoisotopic (exact) mass is 263 g/mol. The van der Waals surface area contributed by atoms with Crippen LogP contribution in [-0.4, -0.2) is 13.7 Å². The highest BCUT2D eigenvalue weighted by molar-refractivity contribution is 5.36. The quantitative estimate of drug-likeness (QED) is 0.866. The zero-order valence-electron chi connectivity index (χ0n) is 11.2. The Labute approximate surface area is 112 Å². The number of methoxy groups -OCH3 is 1. The zero-order chi connectivity index (χ0) is 13.7. The van der Waals surface area contributed by atoms with Crippen molar-refractivity contribution in [3.8, 4) is 5.75 Å². The molecule has 0 bridgehead atoms. The van der Waals surface area contributed by atoms with Crippen LogP contribution in [0.5, 0.6) is 5.75 Å². The second-order valence-electron chi connectivity index (χ2n) is 4.27. The molecule has 0 fully saturated rings. The molecule has 0 aliphatic heterocycles. The molecule has 0 aliphatic rings. The second kappa shape index (κ2) is 6.38. The van der Waals surface area contributed by atoms with Crippen LogP contribution in [-0.2, 0) is 0 Å². The summed E-state index contributed by atoms with van der Waals surface area (Å²) in [7, 11) is 1.46. The molecule has 1 aromatic carbocycles. The SMILES string of the molecule is CCCNC(c1ccco1)c1cccc(OC)c1F. The predicted octanol–water partition coefficient (Wildman–Crippen LogP) is 3.52. The normalized spacial score (nSPS) is 12.4. The van der Waals surface area contributed by atoms with E-state index in [4.69, 9.17) is 9.15 Å². The molecule has 1 unspecified atom stereocenters. The van der Waals surface area contributed by atoms with Gasteiger partial charge in [0.2, 0.25) is 0 Å². The Bertz CT molecular complexity index is 511. The van der Waals surface area contributed by atoms with Crippen LogP contribution in [0, 0.1) is 5.82 Å². The highest BCUT2D eigenvalue weighted by Crippen LogP contribution is 2.29. The van der Waals surface area contributed by atoms with Gasteiger partial charge in [-0.2, -0.15) is 0 Å². The highest BCUT2D eigenvalue weighted by atomic mass is 19.1. The number of halogens is 1. The fourth-order valence-electron chi connectivity index (χ4n) is 2.02. The number of furan rings is 1. The fraction of sp³-hybridized carbons (Fsp3) is 0.333. The lowest BCUT2D eigenvalue weighted by Crippen LogP contribution is -2.23. The van der Waals surface area contributed by atoms with Crippen LogP contribution in [0.3, 0.4) is 0 Å². The highest BCUT2D eigenvalue weighted by Gasteiger charge is 2.21. The van der Waals surface area contributed by atoms with Crippen molar-refractivity contribution in [2.45, 2.75) is 19.4 Å². The van der Waals surface area contributed by atoms with Gasteiger partial charge in [0.25, 0.3) is 0 Å². The number of benzene rings is 1. The summed E-state index contributed by atoms with van der Waals surface area (Å²) in [5.41, 5.74) is 0.530. The van der Waals surface area contributed by atoms with E-state index in [0.29, 0.717) is 11.3 Å². The van der Waals surface area contributed by atoms with Gasteiger partial charge in [0.15, 0.2) is 11.6 Å². The maximum Gasteiger partial charge on any atom is 0.170 e. The van der Waals surface area contributed by atoms with Crippen molar-refractivity contribution in [2.24, 2.45) is 0 Å². The van der Waals surface area contributed by atoms with E-state index >= 15 is 0 Å². The van der Waals surface area contributed by atoms with E-state index in [2.05, 4.69) is 12.2 Å². The van der Waals surface area contributed by atoms with E-state index in [1.165, 1.54) is 7.11 Å². The largest absolute Gasteiger partial charge is 0.494 e. The summed E-state index contributed by atoms with van der Waals surface area (Å²) in [5.74, 6) is 0.586. The molecule has 2 aromatic rings. The molecule has 0 saturated carbocycles. The molecular formula is C15H18FNO2. The molecule has 4 heteroatoms. The second-order valence-corrected chi connectivity index (χ2v) is 4.27. The Balaban J connectivity index is 2.38. The standard InChI is InChI=1S/C15H18FNO2/c1-3-9-17-15(13-8-5-10-19-13)11-6-4-7-12(18-2)14(11)16/h4-8,10,15,17H,3,9H2,1-2H3. The number of hydrogen-bond donors (Lipinski definition) is 1. The Morgan fingerprint density at radius 3 is 2.79 bits per heavy atom. The summed E-state index contributed by atoms with van der Waals surface area (Å²) in [6.07, 6.45) is 2.55. The van der Waals surface area contributed by atoms with Crippen LogP contribution < -0.4 is 10.1 Å². The summed E-state index contributed by atoms with van der Waals surface area (Å²) >= 11 is 0. The van der Waals surface area contributed by atoms with Crippen molar-refractivity contribution >= 4 is 0 Å². The minimum absolute atomic E-state index is 0.243. The molecule has 0 aliphatic carbocycles. The average molecular weight is 263 g/mol. The molecule has 0 spiro atoms. The van der Waals surface area contributed by atoms with E-state index in [1.54, 1.807) is 30.5 Å². The topological polar surface area (TPSA) is 34.4 Å². The molecule has 0 radical (unpaired) electrons. The first kappa shape index (κ1) is 13.6. The molecule has 1 N–H and O–H groups in total.